The van der Waals surface area contributed by atoms with Gasteiger partial charge >= 0.3 is 0 Å². The lowest BCUT2D eigenvalue weighted by Crippen LogP contribution is -2.27. The molecule has 1 heterocycles. The van der Waals surface area contributed by atoms with Gasteiger partial charge in [0, 0.05) is 23.1 Å². The zero-order chi connectivity index (χ0) is 12.2. The summed E-state index contributed by atoms with van der Waals surface area (Å²) >= 11 is 6.80. The van der Waals surface area contributed by atoms with Crippen LogP contribution in [0.5, 0.6) is 0 Å². The molecule has 0 spiro atoms. The SMILES string of the molecule is CSC(C)(C)CNc1cnccc1C(N)=S. The van der Waals surface area contributed by atoms with Gasteiger partial charge in [-0.3, -0.25) is 4.98 Å². The molecule has 0 aromatic carbocycles. The van der Waals surface area contributed by atoms with E-state index >= 15 is 0 Å². The first-order valence-corrected chi connectivity index (χ1v) is 6.62. The number of rotatable bonds is 5. The van der Waals surface area contributed by atoms with Crippen LogP contribution in [0, 0.1) is 0 Å². The normalized spacial score (nSPS) is 11.2. The first kappa shape index (κ1) is 13.3. The monoisotopic (exact) mass is 255 g/mol. The van der Waals surface area contributed by atoms with Gasteiger partial charge in [-0.05, 0) is 26.2 Å². The standard InChI is InChI=1S/C11H17N3S2/c1-11(2,16-3)7-14-9-6-13-5-4-8(9)10(12)15/h4-6,14H,7H2,1-3H3,(H2,12,15). The fourth-order valence-electron chi connectivity index (χ4n) is 1.13. The Morgan fingerprint density at radius 3 is 2.88 bits per heavy atom. The molecule has 0 bridgehead atoms. The average Bonchev–Trinajstić information content (AvgIpc) is 2.27. The van der Waals surface area contributed by atoms with E-state index in [-0.39, 0.29) is 4.75 Å². The molecule has 16 heavy (non-hydrogen) atoms. The second-order valence-electron chi connectivity index (χ2n) is 4.10. The Balaban J connectivity index is 2.78. The number of hydrogen-bond donors (Lipinski definition) is 2. The molecule has 5 heteroatoms. The number of aromatic nitrogens is 1. The summed E-state index contributed by atoms with van der Waals surface area (Å²) in [6.45, 7) is 5.21. The minimum atomic E-state index is 0.170. The molecule has 0 fully saturated rings. The van der Waals surface area contributed by atoms with Gasteiger partial charge < -0.3 is 11.1 Å². The van der Waals surface area contributed by atoms with Crippen LogP contribution < -0.4 is 11.1 Å². The Kier molecular flexibility index (Phi) is 4.56. The molecule has 3 N–H and O–H groups in total. The van der Waals surface area contributed by atoms with Crippen molar-refractivity contribution in [2.24, 2.45) is 5.73 Å². The van der Waals surface area contributed by atoms with Crippen LogP contribution >= 0.6 is 24.0 Å². The van der Waals surface area contributed by atoms with Crippen molar-refractivity contribution in [1.82, 2.24) is 4.98 Å². The first-order valence-electron chi connectivity index (χ1n) is 4.99. The van der Waals surface area contributed by atoms with Gasteiger partial charge in [-0.15, -0.1) is 0 Å². The van der Waals surface area contributed by atoms with Gasteiger partial charge in [-0.25, -0.2) is 0 Å². The fourth-order valence-corrected chi connectivity index (χ4v) is 1.52. The number of pyridine rings is 1. The van der Waals surface area contributed by atoms with Crippen molar-refractivity contribution in [2.45, 2.75) is 18.6 Å². The number of nitrogens with two attached hydrogens (primary N) is 1. The summed E-state index contributed by atoms with van der Waals surface area (Å²) in [5, 5.41) is 3.33. The van der Waals surface area contributed by atoms with Crippen LogP contribution in [0.2, 0.25) is 0 Å². The molecule has 3 nitrogen and oxygen atoms in total. The van der Waals surface area contributed by atoms with Gasteiger partial charge in [0.1, 0.15) is 4.99 Å². The van der Waals surface area contributed by atoms with Gasteiger partial charge in [0.2, 0.25) is 0 Å². The zero-order valence-corrected chi connectivity index (χ0v) is 11.4. The molecule has 1 aromatic heterocycles. The van der Waals surface area contributed by atoms with E-state index < -0.39 is 0 Å². The van der Waals surface area contributed by atoms with E-state index in [2.05, 4.69) is 30.4 Å². The van der Waals surface area contributed by atoms with Crippen LogP contribution in [0.25, 0.3) is 0 Å². The molecule has 0 unspecified atom stereocenters. The molecule has 0 aliphatic carbocycles. The maximum Gasteiger partial charge on any atom is 0.106 e. The maximum absolute atomic E-state index is 5.64. The van der Waals surface area contributed by atoms with E-state index in [0.29, 0.717) is 4.99 Å². The van der Waals surface area contributed by atoms with Crippen molar-refractivity contribution in [1.29, 1.82) is 0 Å². The second-order valence-corrected chi connectivity index (χ2v) is 6.06. The summed E-state index contributed by atoms with van der Waals surface area (Å²) in [4.78, 5) is 4.46. The van der Waals surface area contributed by atoms with Crippen molar-refractivity contribution >= 4 is 34.7 Å². The highest BCUT2D eigenvalue weighted by molar-refractivity contribution is 7.99. The predicted octanol–water partition coefficient (Wildman–Crippen LogP) is 2.27. The predicted molar refractivity (Wildman–Crippen MR) is 76.2 cm³/mol. The summed E-state index contributed by atoms with van der Waals surface area (Å²) in [5.74, 6) is 0. The molecule has 0 amide bonds. The smallest absolute Gasteiger partial charge is 0.106 e. The third-order valence-electron chi connectivity index (χ3n) is 2.34. The van der Waals surface area contributed by atoms with Crippen molar-refractivity contribution in [3.05, 3.63) is 24.0 Å². The summed E-state index contributed by atoms with van der Waals surface area (Å²) in [6.07, 6.45) is 5.55. The van der Waals surface area contributed by atoms with Crippen LogP contribution in [-0.4, -0.2) is 27.5 Å². The van der Waals surface area contributed by atoms with Crippen LogP contribution in [0.4, 0.5) is 5.69 Å². The second kappa shape index (κ2) is 5.50. The van der Waals surface area contributed by atoms with Crippen molar-refractivity contribution < 1.29 is 0 Å². The lowest BCUT2D eigenvalue weighted by Gasteiger charge is -2.23. The maximum atomic E-state index is 5.64. The molecule has 0 aliphatic heterocycles. The molecule has 0 radical (unpaired) electrons. The van der Waals surface area contributed by atoms with Crippen LogP contribution in [0.3, 0.4) is 0 Å². The summed E-state index contributed by atoms with van der Waals surface area (Å²) in [6, 6.07) is 1.83. The lowest BCUT2D eigenvalue weighted by atomic mass is 10.2. The van der Waals surface area contributed by atoms with Crippen molar-refractivity contribution in [3.63, 3.8) is 0 Å². The topological polar surface area (TPSA) is 50.9 Å². The number of thioether (sulfide) groups is 1. The van der Waals surface area contributed by atoms with E-state index in [9.17, 15) is 0 Å². The highest BCUT2D eigenvalue weighted by Gasteiger charge is 2.16. The molecular weight excluding hydrogens is 238 g/mol. The molecule has 1 aromatic rings. The molecule has 0 aliphatic rings. The van der Waals surface area contributed by atoms with E-state index in [1.807, 2.05) is 17.8 Å². The third kappa shape index (κ3) is 3.64. The van der Waals surface area contributed by atoms with E-state index in [0.717, 1.165) is 17.8 Å². The number of nitrogens with one attached hydrogen (secondary N) is 1. The molecule has 0 atom stereocenters. The highest BCUT2D eigenvalue weighted by atomic mass is 32.2. The third-order valence-corrected chi connectivity index (χ3v) is 3.81. The van der Waals surface area contributed by atoms with Gasteiger partial charge in [-0.1, -0.05) is 12.2 Å². The van der Waals surface area contributed by atoms with Crippen molar-refractivity contribution in [2.75, 3.05) is 18.1 Å². The largest absolute Gasteiger partial charge is 0.389 e. The Bertz CT molecular complexity index is 377. The van der Waals surface area contributed by atoms with Crippen LogP contribution in [0.15, 0.2) is 18.5 Å². The van der Waals surface area contributed by atoms with Crippen LogP contribution in [-0.2, 0) is 0 Å². The van der Waals surface area contributed by atoms with Crippen molar-refractivity contribution in [3.8, 4) is 0 Å². The summed E-state index contributed by atoms with van der Waals surface area (Å²) < 4.78 is 0.170. The van der Waals surface area contributed by atoms with Gasteiger partial charge in [0.15, 0.2) is 0 Å². The molecule has 0 saturated carbocycles. The average molecular weight is 255 g/mol. The fraction of sp³-hybridized carbons (Fsp3) is 0.455. The number of nitrogens with zero attached hydrogens (tertiary/aromatic N) is 1. The van der Waals surface area contributed by atoms with E-state index in [1.165, 1.54) is 0 Å². The lowest BCUT2D eigenvalue weighted by molar-refractivity contribution is 0.752. The minimum absolute atomic E-state index is 0.170. The van der Waals surface area contributed by atoms with E-state index in [1.54, 1.807) is 12.4 Å². The Morgan fingerprint density at radius 2 is 2.31 bits per heavy atom. The van der Waals surface area contributed by atoms with E-state index in [4.69, 9.17) is 18.0 Å². The quantitative estimate of drug-likeness (QED) is 0.791. The highest BCUT2D eigenvalue weighted by Crippen LogP contribution is 2.22. The number of anilines is 1. The van der Waals surface area contributed by atoms with Crippen LogP contribution in [0.1, 0.15) is 19.4 Å². The molecule has 88 valence electrons. The Labute approximate surface area is 106 Å². The summed E-state index contributed by atoms with van der Waals surface area (Å²) in [5.41, 5.74) is 7.39. The molecule has 0 saturated heterocycles. The number of thiocarbonyl (C=S) groups is 1. The zero-order valence-electron chi connectivity index (χ0n) is 9.78. The van der Waals surface area contributed by atoms with Gasteiger partial charge in [0.05, 0.1) is 11.9 Å². The van der Waals surface area contributed by atoms with Gasteiger partial charge in [-0.2, -0.15) is 11.8 Å². The minimum Gasteiger partial charge on any atom is -0.389 e. The Hall–Kier alpha value is -0.810. The number of hydrogen-bond acceptors (Lipinski definition) is 4. The molecular formula is C11H17N3S2. The molecule has 1 rings (SSSR count). The first-order chi connectivity index (χ1) is 7.46. The van der Waals surface area contributed by atoms with Gasteiger partial charge in [0.25, 0.3) is 0 Å². The summed E-state index contributed by atoms with van der Waals surface area (Å²) in [7, 11) is 0. The Morgan fingerprint density at radius 1 is 1.62 bits per heavy atom.